The summed E-state index contributed by atoms with van der Waals surface area (Å²) in [5, 5.41) is 3.38. The van der Waals surface area contributed by atoms with Crippen molar-refractivity contribution in [3.63, 3.8) is 0 Å². The average molecular weight is 293 g/mol. The van der Waals surface area contributed by atoms with Crippen LogP contribution in [0, 0.1) is 5.82 Å². The summed E-state index contributed by atoms with van der Waals surface area (Å²) >= 11 is 5.74. The van der Waals surface area contributed by atoms with Crippen LogP contribution in [0.5, 0.6) is 0 Å². The van der Waals surface area contributed by atoms with E-state index in [1.165, 1.54) is 11.6 Å². The molecule has 0 amide bonds. The second-order valence-corrected chi connectivity index (χ2v) is 5.19. The fourth-order valence-corrected chi connectivity index (χ4v) is 2.15. The van der Waals surface area contributed by atoms with Crippen molar-refractivity contribution in [2.24, 2.45) is 0 Å². The van der Waals surface area contributed by atoms with Gasteiger partial charge in [-0.3, -0.25) is 0 Å². The number of likely N-dealkylation sites (N-methyl/N-ethyl adjacent to an activating group) is 1. The molecule has 0 heterocycles. The number of anilines is 1. The summed E-state index contributed by atoms with van der Waals surface area (Å²) in [4.78, 5) is 2.23. The molecule has 2 aromatic carbocycles. The average Bonchev–Trinajstić information content (AvgIpc) is 2.44. The second kappa shape index (κ2) is 7.27. The lowest BCUT2D eigenvalue weighted by Crippen LogP contribution is -2.24. The van der Waals surface area contributed by atoms with E-state index in [9.17, 15) is 4.39 Å². The van der Waals surface area contributed by atoms with Gasteiger partial charge in [-0.2, -0.15) is 0 Å². The maximum absolute atomic E-state index is 13.0. The Hall–Kier alpha value is -1.58. The molecule has 2 nitrogen and oxygen atoms in total. The molecule has 0 spiro atoms. The molecule has 0 aliphatic heterocycles. The largest absolute Gasteiger partial charge is 0.384 e. The smallest absolute Gasteiger partial charge is 0.141 e. The van der Waals surface area contributed by atoms with Crippen LogP contribution in [0.4, 0.5) is 10.1 Å². The Labute approximate surface area is 124 Å². The molecule has 0 aliphatic rings. The van der Waals surface area contributed by atoms with E-state index in [1.54, 1.807) is 12.1 Å². The highest BCUT2D eigenvalue weighted by Crippen LogP contribution is 2.19. The van der Waals surface area contributed by atoms with E-state index in [0.29, 0.717) is 0 Å². The molecule has 2 aromatic rings. The van der Waals surface area contributed by atoms with Gasteiger partial charge in [-0.05, 0) is 30.8 Å². The van der Waals surface area contributed by atoms with Crippen molar-refractivity contribution in [2.45, 2.75) is 6.54 Å². The van der Waals surface area contributed by atoms with E-state index in [1.807, 2.05) is 18.2 Å². The highest BCUT2D eigenvalue weighted by atomic mass is 35.5. The zero-order chi connectivity index (χ0) is 14.4. The molecule has 0 unspecified atom stereocenters. The molecule has 0 aromatic heterocycles. The zero-order valence-electron chi connectivity index (χ0n) is 11.4. The zero-order valence-corrected chi connectivity index (χ0v) is 12.2. The molecule has 0 aliphatic carbocycles. The first-order valence-corrected chi connectivity index (χ1v) is 6.94. The third-order valence-corrected chi connectivity index (χ3v) is 3.33. The van der Waals surface area contributed by atoms with E-state index in [-0.39, 0.29) is 5.02 Å². The Bertz CT molecular complexity index is 545. The van der Waals surface area contributed by atoms with Gasteiger partial charge in [0.15, 0.2) is 0 Å². The first-order valence-electron chi connectivity index (χ1n) is 6.56. The maximum atomic E-state index is 13.0. The minimum absolute atomic E-state index is 0.146. The molecule has 0 fully saturated rings. The Morgan fingerprint density at radius 2 is 1.90 bits per heavy atom. The molecular weight excluding hydrogens is 275 g/mol. The van der Waals surface area contributed by atoms with Crippen LogP contribution in [-0.4, -0.2) is 25.0 Å². The molecule has 1 N–H and O–H groups in total. The Kier molecular flexibility index (Phi) is 5.39. The molecule has 106 valence electrons. The van der Waals surface area contributed by atoms with Crippen LogP contribution in [0.2, 0.25) is 5.02 Å². The molecule has 0 saturated carbocycles. The normalized spacial score (nSPS) is 10.8. The second-order valence-electron chi connectivity index (χ2n) is 4.78. The van der Waals surface area contributed by atoms with Crippen molar-refractivity contribution in [1.82, 2.24) is 4.90 Å². The van der Waals surface area contributed by atoms with Crippen LogP contribution < -0.4 is 5.32 Å². The Morgan fingerprint density at radius 3 is 2.60 bits per heavy atom. The number of benzene rings is 2. The highest BCUT2D eigenvalue weighted by Gasteiger charge is 2.02. The van der Waals surface area contributed by atoms with E-state index in [0.717, 1.165) is 25.3 Å². The van der Waals surface area contributed by atoms with Crippen LogP contribution in [-0.2, 0) is 6.54 Å². The van der Waals surface area contributed by atoms with Crippen molar-refractivity contribution in [1.29, 1.82) is 0 Å². The Balaban J connectivity index is 1.76. The number of nitrogens with zero attached hydrogens (tertiary/aromatic N) is 1. The Morgan fingerprint density at radius 1 is 1.15 bits per heavy atom. The molecular formula is C16H18ClFN2. The van der Waals surface area contributed by atoms with Gasteiger partial charge in [0.25, 0.3) is 0 Å². The molecule has 4 heteroatoms. The number of hydrogen-bond donors (Lipinski definition) is 1. The van der Waals surface area contributed by atoms with Gasteiger partial charge in [0.05, 0.1) is 5.02 Å². The van der Waals surface area contributed by atoms with Gasteiger partial charge >= 0.3 is 0 Å². The predicted octanol–water partition coefficient (Wildman–Crippen LogP) is 4.02. The topological polar surface area (TPSA) is 15.3 Å². The van der Waals surface area contributed by atoms with Crippen LogP contribution in [0.15, 0.2) is 48.5 Å². The summed E-state index contributed by atoms with van der Waals surface area (Å²) in [7, 11) is 2.08. The summed E-state index contributed by atoms with van der Waals surface area (Å²) in [6.45, 7) is 2.59. The van der Waals surface area contributed by atoms with Crippen molar-refractivity contribution < 1.29 is 4.39 Å². The van der Waals surface area contributed by atoms with Crippen molar-refractivity contribution in [3.8, 4) is 0 Å². The van der Waals surface area contributed by atoms with Crippen molar-refractivity contribution in [2.75, 3.05) is 25.5 Å². The third-order valence-electron chi connectivity index (χ3n) is 3.04. The molecule has 2 rings (SSSR count). The predicted molar refractivity (Wildman–Crippen MR) is 82.7 cm³/mol. The summed E-state index contributed by atoms with van der Waals surface area (Å²) in [6, 6.07) is 15.0. The van der Waals surface area contributed by atoms with Gasteiger partial charge in [0.2, 0.25) is 0 Å². The summed E-state index contributed by atoms with van der Waals surface area (Å²) in [5.74, 6) is -0.390. The first-order chi connectivity index (χ1) is 9.65. The molecule has 0 atom stereocenters. The number of halogens is 2. The standard InChI is InChI=1S/C16H18ClFN2/c1-20(12-13-5-3-2-4-6-13)10-9-19-14-7-8-16(18)15(17)11-14/h2-8,11,19H,9-10,12H2,1H3. The third kappa shape index (κ3) is 4.51. The lowest BCUT2D eigenvalue weighted by atomic mass is 10.2. The number of hydrogen-bond acceptors (Lipinski definition) is 2. The minimum atomic E-state index is -0.390. The monoisotopic (exact) mass is 292 g/mol. The van der Waals surface area contributed by atoms with Gasteiger partial charge in [0, 0.05) is 25.3 Å². The van der Waals surface area contributed by atoms with Gasteiger partial charge in [-0.1, -0.05) is 41.9 Å². The van der Waals surface area contributed by atoms with E-state index in [2.05, 4.69) is 29.4 Å². The van der Waals surface area contributed by atoms with Crippen LogP contribution >= 0.6 is 11.6 Å². The quantitative estimate of drug-likeness (QED) is 0.865. The lowest BCUT2D eigenvalue weighted by molar-refractivity contribution is 0.340. The summed E-state index contributed by atoms with van der Waals surface area (Å²) in [6.07, 6.45) is 0. The van der Waals surface area contributed by atoms with Crippen LogP contribution in [0.1, 0.15) is 5.56 Å². The van der Waals surface area contributed by atoms with Crippen LogP contribution in [0.3, 0.4) is 0 Å². The van der Waals surface area contributed by atoms with E-state index >= 15 is 0 Å². The first kappa shape index (κ1) is 14.8. The minimum Gasteiger partial charge on any atom is -0.384 e. The fourth-order valence-electron chi connectivity index (χ4n) is 1.97. The molecule has 0 bridgehead atoms. The van der Waals surface area contributed by atoms with E-state index < -0.39 is 5.82 Å². The van der Waals surface area contributed by atoms with Gasteiger partial charge in [-0.15, -0.1) is 0 Å². The van der Waals surface area contributed by atoms with Gasteiger partial charge in [0.1, 0.15) is 5.82 Å². The fraction of sp³-hybridized carbons (Fsp3) is 0.250. The number of rotatable bonds is 6. The number of nitrogens with one attached hydrogen (secondary N) is 1. The van der Waals surface area contributed by atoms with Crippen LogP contribution in [0.25, 0.3) is 0 Å². The maximum Gasteiger partial charge on any atom is 0.141 e. The molecule has 0 saturated heterocycles. The highest BCUT2D eigenvalue weighted by molar-refractivity contribution is 6.31. The summed E-state index contributed by atoms with van der Waals surface area (Å²) < 4.78 is 13.0. The van der Waals surface area contributed by atoms with Crippen molar-refractivity contribution >= 4 is 17.3 Å². The molecule has 0 radical (unpaired) electrons. The lowest BCUT2D eigenvalue weighted by Gasteiger charge is -2.17. The molecule has 20 heavy (non-hydrogen) atoms. The van der Waals surface area contributed by atoms with Gasteiger partial charge in [-0.25, -0.2) is 4.39 Å². The van der Waals surface area contributed by atoms with Gasteiger partial charge < -0.3 is 10.2 Å². The summed E-state index contributed by atoms with van der Waals surface area (Å²) in [5.41, 5.74) is 2.13. The van der Waals surface area contributed by atoms with E-state index in [4.69, 9.17) is 11.6 Å². The SMILES string of the molecule is CN(CCNc1ccc(F)c(Cl)c1)Cc1ccccc1. The van der Waals surface area contributed by atoms with Crippen molar-refractivity contribution in [3.05, 3.63) is 64.9 Å².